The summed E-state index contributed by atoms with van der Waals surface area (Å²) in [5.41, 5.74) is 1.13. The number of rotatable bonds is 6. The third kappa shape index (κ3) is 4.52. The largest absolute Gasteiger partial charge is 0.316 e. The minimum Gasteiger partial charge on any atom is -0.316 e. The standard InChI is InChI=1S/C12H18ClNO/c1-11-6-9-14(12(15)10-11)8-5-3-2-4-7-13/h6,9-10H,2-5,7-8H2,1H3. The Morgan fingerprint density at radius 2 is 2.00 bits per heavy atom. The summed E-state index contributed by atoms with van der Waals surface area (Å²) in [6.07, 6.45) is 6.31. The molecular weight excluding hydrogens is 210 g/mol. The molecule has 0 unspecified atom stereocenters. The zero-order valence-electron chi connectivity index (χ0n) is 9.21. The van der Waals surface area contributed by atoms with E-state index in [9.17, 15) is 4.79 Å². The molecule has 0 bridgehead atoms. The van der Waals surface area contributed by atoms with Crippen molar-refractivity contribution in [1.29, 1.82) is 0 Å². The highest BCUT2D eigenvalue weighted by Gasteiger charge is 1.95. The molecule has 0 N–H and O–H groups in total. The second kappa shape index (κ2) is 6.67. The molecule has 0 radical (unpaired) electrons. The molecule has 0 spiro atoms. The number of hydrogen-bond acceptors (Lipinski definition) is 1. The molecule has 0 saturated carbocycles. The predicted octanol–water partition coefficient (Wildman–Crippen LogP) is 2.96. The minimum absolute atomic E-state index is 0.104. The molecule has 1 aromatic heterocycles. The Bertz CT molecular complexity index is 346. The third-order valence-corrected chi connectivity index (χ3v) is 2.70. The van der Waals surface area contributed by atoms with Crippen molar-refractivity contribution in [3.63, 3.8) is 0 Å². The number of hydrogen-bond donors (Lipinski definition) is 0. The lowest BCUT2D eigenvalue weighted by molar-refractivity contribution is 0.571. The molecule has 0 aliphatic heterocycles. The highest BCUT2D eigenvalue weighted by molar-refractivity contribution is 6.17. The van der Waals surface area contributed by atoms with Crippen LogP contribution in [0.25, 0.3) is 0 Å². The van der Waals surface area contributed by atoms with Crippen LogP contribution in [0.2, 0.25) is 0 Å². The van der Waals surface area contributed by atoms with E-state index in [0.717, 1.165) is 43.7 Å². The summed E-state index contributed by atoms with van der Waals surface area (Å²) in [5.74, 6) is 0.741. The zero-order chi connectivity index (χ0) is 11.1. The van der Waals surface area contributed by atoms with Crippen LogP contribution >= 0.6 is 11.6 Å². The molecular formula is C12H18ClNO. The Labute approximate surface area is 95.9 Å². The fourth-order valence-electron chi connectivity index (χ4n) is 1.52. The molecule has 0 aliphatic carbocycles. The van der Waals surface area contributed by atoms with E-state index < -0.39 is 0 Å². The molecule has 0 aromatic carbocycles. The molecule has 84 valence electrons. The van der Waals surface area contributed by atoms with Crippen LogP contribution in [0.4, 0.5) is 0 Å². The highest BCUT2D eigenvalue weighted by atomic mass is 35.5. The number of alkyl halides is 1. The fourth-order valence-corrected chi connectivity index (χ4v) is 1.71. The monoisotopic (exact) mass is 227 g/mol. The number of aryl methyl sites for hydroxylation is 2. The van der Waals surface area contributed by atoms with Crippen molar-refractivity contribution in [2.24, 2.45) is 0 Å². The maximum atomic E-state index is 11.5. The molecule has 0 atom stereocenters. The van der Waals surface area contributed by atoms with Gasteiger partial charge < -0.3 is 4.57 Å². The van der Waals surface area contributed by atoms with E-state index in [4.69, 9.17) is 11.6 Å². The Morgan fingerprint density at radius 1 is 1.27 bits per heavy atom. The van der Waals surface area contributed by atoms with Gasteiger partial charge in [0.2, 0.25) is 0 Å². The normalized spacial score (nSPS) is 10.5. The van der Waals surface area contributed by atoms with Crippen LogP contribution in [0, 0.1) is 6.92 Å². The summed E-state index contributed by atoms with van der Waals surface area (Å²) in [7, 11) is 0. The van der Waals surface area contributed by atoms with Gasteiger partial charge in [0.25, 0.3) is 5.56 Å². The first-order chi connectivity index (χ1) is 7.24. The molecule has 0 aliphatic rings. The van der Waals surface area contributed by atoms with Gasteiger partial charge in [0.05, 0.1) is 0 Å². The predicted molar refractivity (Wildman–Crippen MR) is 64.6 cm³/mol. The Balaban J connectivity index is 2.34. The Kier molecular flexibility index (Phi) is 5.48. The quantitative estimate of drug-likeness (QED) is 0.541. The van der Waals surface area contributed by atoms with E-state index in [1.807, 2.05) is 19.2 Å². The van der Waals surface area contributed by atoms with Gasteiger partial charge in [-0.2, -0.15) is 0 Å². The average molecular weight is 228 g/mol. The molecule has 0 amide bonds. The SMILES string of the molecule is Cc1ccn(CCCCCCCl)c(=O)c1. The second-order valence-electron chi connectivity index (χ2n) is 3.84. The topological polar surface area (TPSA) is 22.0 Å². The summed E-state index contributed by atoms with van der Waals surface area (Å²) in [6.45, 7) is 2.76. The van der Waals surface area contributed by atoms with Crippen LogP contribution in [0.1, 0.15) is 31.2 Å². The summed E-state index contributed by atoms with van der Waals surface area (Å²) < 4.78 is 1.77. The van der Waals surface area contributed by atoms with Crippen molar-refractivity contribution in [3.05, 3.63) is 34.2 Å². The van der Waals surface area contributed by atoms with Crippen molar-refractivity contribution in [2.75, 3.05) is 5.88 Å². The van der Waals surface area contributed by atoms with E-state index in [1.54, 1.807) is 10.6 Å². The number of unbranched alkanes of at least 4 members (excludes halogenated alkanes) is 3. The van der Waals surface area contributed by atoms with Gasteiger partial charge in [-0.15, -0.1) is 11.6 Å². The van der Waals surface area contributed by atoms with E-state index in [1.165, 1.54) is 0 Å². The number of aromatic nitrogens is 1. The minimum atomic E-state index is 0.104. The van der Waals surface area contributed by atoms with Crippen LogP contribution in [0.3, 0.4) is 0 Å². The zero-order valence-corrected chi connectivity index (χ0v) is 9.96. The molecule has 15 heavy (non-hydrogen) atoms. The average Bonchev–Trinajstić information content (AvgIpc) is 2.20. The molecule has 1 aromatic rings. The molecule has 1 rings (SSSR count). The maximum Gasteiger partial charge on any atom is 0.250 e. The van der Waals surface area contributed by atoms with Gasteiger partial charge in [-0.05, 0) is 31.4 Å². The van der Waals surface area contributed by atoms with Crippen molar-refractivity contribution < 1.29 is 0 Å². The summed E-state index contributed by atoms with van der Waals surface area (Å²) in [6, 6.07) is 3.65. The first kappa shape index (κ1) is 12.3. The van der Waals surface area contributed by atoms with Crippen molar-refractivity contribution >= 4 is 11.6 Å². The van der Waals surface area contributed by atoms with E-state index >= 15 is 0 Å². The van der Waals surface area contributed by atoms with Crippen LogP contribution in [0.5, 0.6) is 0 Å². The molecule has 2 nitrogen and oxygen atoms in total. The van der Waals surface area contributed by atoms with Gasteiger partial charge in [-0.1, -0.05) is 12.8 Å². The van der Waals surface area contributed by atoms with Crippen LogP contribution < -0.4 is 5.56 Å². The lowest BCUT2D eigenvalue weighted by Gasteiger charge is -2.05. The Morgan fingerprint density at radius 3 is 2.67 bits per heavy atom. The third-order valence-electron chi connectivity index (χ3n) is 2.43. The molecule has 1 heterocycles. The van der Waals surface area contributed by atoms with Crippen molar-refractivity contribution in [1.82, 2.24) is 4.57 Å². The van der Waals surface area contributed by atoms with Gasteiger partial charge in [0, 0.05) is 24.7 Å². The molecule has 0 saturated heterocycles. The fraction of sp³-hybridized carbons (Fsp3) is 0.583. The number of halogens is 1. The van der Waals surface area contributed by atoms with Crippen LogP contribution in [-0.4, -0.2) is 10.4 Å². The Hall–Kier alpha value is -0.760. The van der Waals surface area contributed by atoms with E-state index in [0.29, 0.717) is 0 Å². The van der Waals surface area contributed by atoms with Crippen LogP contribution in [-0.2, 0) is 6.54 Å². The van der Waals surface area contributed by atoms with Gasteiger partial charge in [0.15, 0.2) is 0 Å². The second-order valence-corrected chi connectivity index (χ2v) is 4.22. The first-order valence-electron chi connectivity index (χ1n) is 5.47. The lowest BCUT2D eigenvalue weighted by atomic mass is 10.2. The van der Waals surface area contributed by atoms with Gasteiger partial charge >= 0.3 is 0 Å². The smallest absolute Gasteiger partial charge is 0.250 e. The summed E-state index contributed by atoms with van der Waals surface area (Å²) in [5, 5.41) is 0. The molecule has 0 fully saturated rings. The number of pyridine rings is 1. The van der Waals surface area contributed by atoms with Gasteiger partial charge in [-0.25, -0.2) is 0 Å². The maximum absolute atomic E-state index is 11.5. The van der Waals surface area contributed by atoms with Crippen molar-refractivity contribution in [3.8, 4) is 0 Å². The van der Waals surface area contributed by atoms with Gasteiger partial charge in [0.1, 0.15) is 0 Å². The summed E-state index contributed by atoms with van der Waals surface area (Å²) >= 11 is 5.58. The first-order valence-corrected chi connectivity index (χ1v) is 6.00. The van der Waals surface area contributed by atoms with Crippen LogP contribution in [0.15, 0.2) is 23.1 Å². The summed E-state index contributed by atoms with van der Waals surface area (Å²) in [4.78, 5) is 11.5. The highest BCUT2D eigenvalue weighted by Crippen LogP contribution is 2.02. The van der Waals surface area contributed by atoms with Gasteiger partial charge in [-0.3, -0.25) is 4.79 Å². The van der Waals surface area contributed by atoms with E-state index in [2.05, 4.69) is 0 Å². The lowest BCUT2D eigenvalue weighted by Crippen LogP contribution is -2.18. The van der Waals surface area contributed by atoms with Crippen molar-refractivity contribution in [2.45, 2.75) is 39.2 Å². The number of nitrogens with zero attached hydrogens (tertiary/aromatic N) is 1. The van der Waals surface area contributed by atoms with E-state index in [-0.39, 0.29) is 5.56 Å². The molecule has 3 heteroatoms.